The molecule has 3 rings (SSSR count). The number of aliphatic hydroxyl groups is 1. The van der Waals surface area contributed by atoms with E-state index in [9.17, 15) is 0 Å². The van der Waals surface area contributed by atoms with Gasteiger partial charge in [0.2, 0.25) is 5.95 Å². The Labute approximate surface area is 118 Å². The maximum absolute atomic E-state index is 8.99. The molecule has 110 valence electrons. The zero-order valence-electron chi connectivity index (χ0n) is 11.4. The number of aliphatic hydroxyl groups excluding tert-OH is 1. The molecule has 1 aromatic rings. The monoisotopic (exact) mass is 279 g/mol. The molecule has 20 heavy (non-hydrogen) atoms. The highest BCUT2D eigenvalue weighted by molar-refractivity contribution is 5.29. The van der Waals surface area contributed by atoms with Crippen LogP contribution < -0.4 is 15.8 Å². The Morgan fingerprint density at radius 2 is 2.20 bits per heavy atom. The van der Waals surface area contributed by atoms with Crippen LogP contribution in [-0.2, 0) is 4.74 Å². The molecule has 0 bridgehead atoms. The SMILES string of the molecule is OCCC1CC(C2CN(c3ncccn3)CCO2)NN1. The van der Waals surface area contributed by atoms with Crippen molar-refractivity contribution < 1.29 is 9.84 Å². The summed E-state index contributed by atoms with van der Waals surface area (Å²) >= 11 is 0. The third kappa shape index (κ3) is 3.06. The van der Waals surface area contributed by atoms with Gasteiger partial charge in [-0.15, -0.1) is 0 Å². The molecule has 2 aliphatic rings. The fourth-order valence-corrected chi connectivity index (χ4v) is 2.79. The van der Waals surface area contributed by atoms with Gasteiger partial charge in [0.15, 0.2) is 0 Å². The van der Waals surface area contributed by atoms with Crippen LogP contribution in [0.5, 0.6) is 0 Å². The van der Waals surface area contributed by atoms with Gasteiger partial charge in [-0.3, -0.25) is 10.9 Å². The van der Waals surface area contributed by atoms with Crippen molar-refractivity contribution in [3.8, 4) is 0 Å². The van der Waals surface area contributed by atoms with Gasteiger partial charge in [-0.1, -0.05) is 0 Å². The zero-order chi connectivity index (χ0) is 13.8. The smallest absolute Gasteiger partial charge is 0.225 e. The molecule has 7 heteroatoms. The highest BCUT2D eigenvalue weighted by Crippen LogP contribution is 2.19. The fourth-order valence-electron chi connectivity index (χ4n) is 2.79. The number of hydrogen-bond donors (Lipinski definition) is 3. The molecule has 2 fully saturated rings. The number of morpholine rings is 1. The van der Waals surface area contributed by atoms with Crippen LogP contribution in [0.15, 0.2) is 18.5 Å². The van der Waals surface area contributed by atoms with Gasteiger partial charge in [0.05, 0.1) is 18.8 Å². The summed E-state index contributed by atoms with van der Waals surface area (Å²) < 4.78 is 5.88. The van der Waals surface area contributed by atoms with Crippen molar-refractivity contribution in [1.29, 1.82) is 0 Å². The number of hydrazine groups is 1. The van der Waals surface area contributed by atoms with E-state index in [1.54, 1.807) is 12.4 Å². The number of rotatable bonds is 4. The van der Waals surface area contributed by atoms with E-state index in [0.29, 0.717) is 12.6 Å². The minimum Gasteiger partial charge on any atom is -0.396 e. The lowest BCUT2D eigenvalue weighted by atomic mass is 10.0. The maximum atomic E-state index is 8.99. The van der Waals surface area contributed by atoms with Crippen molar-refractivity contribution in [3.63, 3.8) is 0 Å². The van der Waals surface area contributed by atoms with Crippen LogP contribution in [-0.4, -0.2) is 59.6 Å². The number of anilines is 1. The lowest BCUT2D eigenvalue weighted by Crippen LogP contribution is -2.52. The van der Waals surface area contributed by atoms with Crippen LogP contribution in [0.3, 0.4) is 0 Å². The maximum Gasteiger partial charge on any atom is 0.225 e. The van der Waals surface area contributed by atoms with Crippen LogP contribution in [0.25, 0.3) is 0 Å². The second kappa shape index (κ2) is 6.45. The summed E-state index contributed by atoms with van der Waals surface area (Å²) in [5.41, 5.74) is 6.50. The molecule has 3 unspecified atom stereocenters. The van der Waals surface area contributed by atoms with Crippen molar-refractivity contribution in [2.45, 2.75) is 31.0 Å². The quantitative estimate of drug-likeness (QED) is 0.672. The predicted molar refractivity (Wildman–Crippen MR) is 74.2 cm³/mol. The van der Waals surface area contributed by atoms with E-state index < -0.39 is 0 Å². The van der Waals surface area contributed by atoms with Gasteiger partial charge < -0.3 is 14.7 Å². The molecule has 7 nitrogen and oxygen atoms in total. The van der Waals surface area contributed by atoms with E-state index in [4.69, 9.17) is 9.84 Å². The average molecular weight is 279 g/mol. The minimum atomic E-state index is 0.115. The Morgan fingerprint density at radius 1 is 1.35 bits per heavy atom. The molecule has 0 spiro atoms. The number of hydrogen-bond acceptors (Lipinski definition) is 7. The molecular weight excluding hydrogens is 258 g/mol. The predicted octanol–water partition coefficient (Wildman–Crippen LogP) is -0.701. The van der Waals surface area contributed by atoms with Crippen LogP contribution in [0, 0.1) is 0 Å². The van der Waals surface area contributed by atoms with Gasteiger partial charge >= 0.3 is 0 Å². The van der Waals surface area contributed by atoms with E-state index in [1.165, 1.54) is 0 Å². The molecule has 0 amide bonds. The van der Waals surface area contributed by atoms with Crippen molar-refractivity contribution in [1.82, 2.24) is 20.8 Å². The third-order valence-electron chi connectivity index (χ3n) is 3.87. The topological polar surface area (TPSA) is 82.5 Å². The molecule has 1 aromatic heterocycles. The van der Waals surface area contributed by atoms with E-state index in [0.717, 1.165) is 31.9 Å². The standard InChI is InChI=1S/C13H21N5O2/c19-6-2-10-8-11(17-16-10)12-9-18(5-7-20-12)13-14-3-1-4-15-13/h1,3-4,10-12,16-17,19H,2,5-9H2. The summed E-state index contributed by atoms with van der Waals surface area (Å²) in [7, 11) is 0. The lowest BCUT2D eigenvalue weighted by Gasteiger charge is -2.35. The summed E-state index contributed by atoms with van der Waals surface area (Å²) in [5.74, 6) is 0.763. The Balaban J connectivity index is 1.59. The lowest BCUT2D eigenvalue weighted by molar-refractivity contribution is 0.0175. The van der Waals surface area contributed by atoms with E-state index in [-0.39, 0.29) is 18.8 Å². The van der Waals surface area contributed by atoms with Crippen LogP contribution in [0.4, 0.5) is 5.95 Å². The summed E-state index contributed by atoms with van der Waals surface area (Å²) in [6, 6.07) is 2.40. The first-order valence-electron chi connectivity index (χ1n) is 7.12. The normalized spacial score (nSPS) is 30.6. The first-order chi connectivity index (χ1) is 9.86. The summed E-state index contributed by atoms with van der Waals surface area (Å²) in [4.78, 5) is 10.8. The highest BCUT2D eigenvalue weighted by Gasteiger charge is 2.34. The number of nitrogens with zero attached hydrogens (tertiary/aromatic N) is 3. The van der Waals surface area contributed by atoms with E-state index in [1.807, 2.05) is 6.07 Å². The van der Waals surface area contributed by atoms with Crippen LogP contribution in [0.2, 0.25) is 0 Å². The van der Waals surface area contributed by atoms with Gasteiger partial charge in [0.25, 0.3) is 0 Å². The van der Waals surface area contributed by atoms with Crippen LogP contribution >= 0.6 is 0 Å². The molecule has 0 saturated carbocycles. The van der Waals surface area contributed by atoms with Crippen molar-refractivity contribution in [2.24, 2.45) is 0 Å². The first-order valence-corrected chi connectivity index (χ1v) is 7.12. The van der Waals surface area contributed by atoms with Crippen molar-refractivity contribution >= 4 is 5.95 Å². The molecule has 0 radical (unpaired) electrons. The van der Waals surface area contributed by atoms with Gasteiger partial charge in [-0.05, 0) is 18.9 Å². The number of aromatic nitrogens is 2. The van der Waals surface area contributed by atoms with E-state index in [2.05, 4.69) is 25.7 Å². The molecule has 0 aromatic carbocycles. The molecule has 3 N–H and O–H groups in total. The largest absolute Gasteiger partial charge is 0.396 e. The number of ether oxygens (including phenoxy) is 1. The molecule has 2 aliphatic heterocycles. The van der Waals surface area contributed by atoms with Gasteiger partial charge in [0.1, 0.15) is 0 Å². The minimum absolute atomic E-state index is 0.115. The molecule has 2 saturated heterocycles. The number of nitrogens with one attached hydrogen (secondary N) is 2. The Bertz CT molecular complexity index is 418. The van der Waals surface area contributed by atoms with E-state index >= 15 is 0 Å². The van der Waals surface area contributed by atoms with Crippen molar-refractivity contribution in [3.05, 3.63) is 18.5 Å². The second-order valence-electron chi connectivity index (χ2n) is 5.24. The second-order valence-corrected chi connectivity index (χ2v) is 5.24. The molecule has 3 atom stereocenters. The molecule has 3 heterocycles. The van der Waals surface area contributed by atoms with Crippen LogP contribution in [0.1, 0.15) is 12.8 Å². The molecule has 0 aliphatic carbocycles. The highest BCUT2D eigenvalue weighted by atomic mass is 16.5. The fraction of sp³-hybridized carbons (Fsp3) is 0.692. The first kappa shape index (κ1) is 13.7. The van der Waals surface area contributed by atoms with Gasteiger partial charge in [-0.25, -0.2) is 9.97 Å². The Morgan fingerprint density at radius 3 is 3.00 bits per heavy atom. The summed E-state index contributed by atoms with van der Waals surface area (Å²) in [6.45, 7) is 2.50. The summed E-state index contributed by atoms with van der Waals surface area (Å²) in [6.07, 6.45) is 5.37. The molecular formula is C13H21N5O2. The van der Waals surface area contributed by atoms with Gasteiger partial charge in [0, 0.05) is 38.1 Å². The Kier molecular flexibility index (Phi) is 4.41. The average Bonchev–Trinajstić information content (AvgIpc) is 2.97. The third-order valence-corrected chi connectivity index (χ3v) is 3.87. The summed E-state index contributed by atoms with van der Waals surface area (Å²) in [5, 5.41) is 8.99. The zero-order valence-corrected chi connectivity index (χ0v) is 11.4. The van der Waals surface area contributed by atoms with Gasteiger partial charge in [-0.2, -0.15) is 0 Å². The van der Waals surface area contributed by atoms with Crippen molar-refractivity contribution in [2.75, 3.05) is 31.2 Å². The Hall–Kier alpha value is -1.28.